The first-order valence-electron chi connectivity index (χ1n) is 14.1. The van der Waals surface area contributed by atoms with Gasteiger partial charge in [-0.1, -0.05) is 61.6 Å². The Hall–Kier alpha value is -2.55. The highest BCUT2D eigenvalue weighted by Gasteiger charge is 2.33. The summed E-state index contributed by atoms with van der Waals surface area (Å²) in [5.74, 6) is 1.44. The molecule has 4 aromatic rings. The molecule has 1 amide bonds. The molecule has 1 aliphatic rings. The van der Waals surface area contributed by atoms with Crippen LogP contribution >= 0.6 is 62.1 Å². The van der Waals surface area contributed by atoms with Gasteiger partial charge in [0.25, 0.3) is 5.91 Å². The molecule has 1 N–H and O–H groups in total. The van der Waals surface area contributed by atoms with E-state index in [0.717, 1.165) is 36.0 Å². The minimum Gasteiger partial charge on any atom is -0.493 e. The maximum absolute atomic E-state index is 13.7. The van der Waals surface area contributed by atoms with E-state index in [4.69, 9.17) is 49.3 Å². The summed E-state index contributed by atoms with van der Waals surface area (Å²) in [6, 6.07) is 16.2. The second-order valence-electron chi connectivity index (χ2n) is 11.8. The Bertz CT molecular complexity index is 1710. The van der Waals surface area contributed by atoms with Gasteiger partial charge in [0.15, 0.2) is 11.5 Å². The predicted molar refractivity (Wildman–Crippen MR) is 187 cm³/mol. The monoisotopic (exact) mass is 732 g/mol. The molecule has 1 heterocycles. The molecule has 3 aromatic carbocycles. The van der Waals surface area contributed by atoms with Gasteiger partial charge >= 0.3 is 0 Å². The number of nitrogens with one attached hydrogen (secondary N) is 1. The van der Waals surface area contributed by atoms with Gasteiger partial charge in [-0.05, 0) is 106 Å². The Morgan fingerprint density at radius 3 is 2.50 bits per heavy atom. The van der Waals surface area contributed by atoms with Gasteiger partial charge in [-0.25, -0.2) is 4.99 Å². The fourth-order valence-corrected chi connectivity index (χ4v) is 7.67. The molecule has 230 valence electrons. The highest BCUT2D eigenvalue weighted by molar-refractivity contribution is 9.10. The number of thiophene rings is 1. The van der Waals surface area contributed by atoms with Crippen LogP contribution in [0.15, 0.2) is 64.1 Å². The van der Waals surface area contributed by atoms with Gasteiger partial charge in [0.1, 0.15) is 11.6 Å². The zero-order valence-corrected chi connectivity index (χ0v) is 29.4. The van der Waals surface area contributed by atoms with Crippen molar-refractivity contribution in [3.63, 3.8) is 0 Å². The standard InChI is InChI=1S/C34H32BrCl3N2O3S/c1-34(2,3)21-6-12-25-29(15-21)44-33(30(25)32(41)40-24-10-8-22(36)9-11-24)39-17-19-13-26(35)31(28(14-19)42-4)43-18-20-5-7-23(37)16-27(20)38/h5,7-11,13-14,16-17,21H,6,12,15,18H2,1-4H3,(H,40,41)/t21-/m1/s1. The van der Waals surface area contributed by atoms with Crippen LogP contribution in [0.4, 0.5) is 10.7 Å². The van der Waals surface area contributed by atoms with E-state index in [0.29, 0.717) is 53.2 Å². The van der Waals surface area contributed by atoms with E-state index in [9.17, 15) is 4.79 Å². The topological polar surface area (TPSA) is 59.9 Å². The van der Waals surface area contributed by atoms with E-state index in [1.165, 1.54) is 4.88 Å². The first-order chi connectivity index (χ1) is 20.9. The van der Waals surface area contributed by atoms with Crippen molar-refractivity contribution < 1.29 is 14.3 Å². The lowest BCUT2D eigenvalue weighted by Gasteiger charge is -2.33. The molecule has 0 radical (unpaired) electrons. The number of carbonyl (C=O) groups excluding carboxylic acids is 1. The number of aliphatic imine (C=N–C) groups is 1. The molecule has 1 aromatic heterocycles. The van der Waals surface area contributed by atoms with Crippen LogP contribution in [0.3, 0.4) is 0 Å². The van der Waals surface area contributed by atoms with E-state index in [1.807, 2.05) is 18.2 Å². The quantitative estimate of drug-likeness (QED) is 0.183. The van der Waals surface area contributed by atoms with E-state index >= 15 is 0 Å². The number of rotatable bonds is 8. The Kier molecular flexibility index (Phi) is 10.3. The number of ether oxygens (including phenoxy) is 2. The van der Waals surface area contributed by atoms with Gasteiger partial charge in [0.05, 0.1) is 17.1 Å². The number of anilines is 1. The Labute approximate surface area is 285 Å². The minimum atomic E-state index is -0.172. The lowest BCUT2D eigenvalue weighted by atomic mass is 9.72. The van der Waals surface area contributed by atoms with Crippen LogP contribution in [-0.2, 0) is 19.4 Å². The summed E-state index contributed by atoms with van der Waals surface area (Å²) >= 11 is 23.6. The molecule has 44 heavy (non-hydrogen) atoms. The Morgan fingerprint density at radius 2 is 1.82 bits per heavy atom. The van der Waals surface area contributed by atoms with Gasteiger partial charge in [-0.15, -0.1) is 11.3 Å². The average Bonchev–Trinajstić information content (AvgIpc) is 3.34. The molecule has 0 bridgehead atoms. The maximum atomic E-state index is 13.7. The van der Waals surface area contributed by atoms with Crippen molar-refractivity contribution in [3.05, 3.63) is 101 Å². The number of carbonyl (C=O) groups is 1. The van der Waals surface area contributed by atoms with Crippen molar-refractivity contribution in [3.8, 4) is 11.5 Å². The lowest BCUT2D eigenvalue weighted by Crippen LogP contribution is -2.27. The molecule has 5 rings (SSSR count). The van der Waals surface area contributed by atoms with Gasteiger partial charge in [0.2, 0.25) is 0 Å². The van der Waals surface area contributed by atoms with E-state index in [2.05, 4.69) is 42.0 Å². The third-order valence-corrected chi connectivity index (χ3v) is 10.4. The number of amides is 1. The van der Waals surface area contributed by atoms with Crippen molar-refractivity contribution >= 4 is 84.9 Å². The second kappa shape index (κ2) is 13.8. The molecular weight excluding hydrogens is 703 g/mol. The highest BCUT2D eigenvalue weighted by atomic mass is 79.9. The van der Waals surface area contributed by atoms with Gasteiger partial charge in [-0.2, -0.15) is 0 Å². The molecule has 0 unspecified atom stereocenters. The fraction of sp³-hybridized carbons (Fsp3) is 0.294. The Morgan fingerprint density at radius 1 is 1.09 bits per heavy atom. The molecule has 5 nitrogen and oxygen atoms in total. The largest absolute Gasteiger partial charge is 0.493 e. The third kappa shape index (κ3) is 7.63. The predicted octanol–water partition coefficient (Wildman–Crippen LogP) is 11.2. The molecule has 1 atom stereocenters. The molecular formula is C34H32BrCl3N2O3S. The van der Waals surface area contributed by atoms with Crippen LogP contribution in [-0.4, -0.2) is 19.2 Å². The van der Waals surface area contributed by atoms with Crippen LogP contribution in [0.25, 0.3) is 0 Å². The summed E-state index contributed by atoms with van der Waals surface area (Å²) in [7, 11) is 1.59. The Balaban J connectivity index is 1.44. The van der Waals surface area contributed by atoms with Crippen LogP contribution in [0.5, 0.6) is 11.5 Å². The summed E-state index contributed by atoms with van der Waals surface area (Å²) in [4.78, 5) is 19.8. The van der Waals surface area contributed by atoms with E-state index < -0.39 is 0 Å². The summed E-state index contributed by atoms with van der Waals surface area (Å²) in [6.07, 6.45) is 4.56. The number of hydrogen-bond acceptors (Lipinski definition) is 5. The van der Waals surface area contributed by atoms with Crippen molar-refractivity contribution in [2.24, 2.45) is 16.3 Å². The first kappa shape index (κ1) is 32.8. The average molecular weight is 735 g/mol. The zero-order valence-electron chi connectivity index (χ0n) is 24.8. The molecule has 10 heteroatoms. The number of nitrogens with zero attached hydrogens (tertiary/aromatic N) is 1. The zero-order chi connectivity index (χ0) is 31.6. The summed E-state index contributed by atoms with van der Waals surface area (Å²) in [6.45, 7) is 7.09. The van der Waals surface area contributed by atoms with E-state index in [-0.39, 0.29) is 17.9 Å². The number of hydrogen-bond donors (Lipinski definition) is 1. The second-order valence-corrected chi connectivity index (χ2v) is 15.0. The number of benzene rings is 3. The number of methoxy groups -OCH3 is 1. The van der Waals surface area contributed by atoms with Crippen molar-refractivity contribution in [2.45, 2.75) is 46.6 Å². The number of fused-ring (bicyclic) bond motifs is 1. The summed E-state index contributed by atoms with van der Waals surface area (Å²) < 4.78 is 12.4. The molecule has 0 aliphatic heterocycles. The first-order valence-corrected chi connectivity index (χ1v) is 16.9. The fourth-order valence-electron chi connectivity index (χ4n) is 5.24. The lowest BCUT2D eigenvalue weighted by molar-refractivity contribution is 0.102. The third-order valence-electron chi connectivity index (χ3n) is 7.77. The smallest absolute Gasteiger partial charge is 0.259 e. The molecule has 0 fully saturated rings. The minimum absolute atomic E-state index is 0.172. The number of halogens is 4. The SMILES string of the molecule is COc1cc(C=Nc2sc3c(c2C(=O)Nc2ccc(Cl)cc2)CC[C@@H](C(C)(C)C)C3)cc(Br)c1OCc1ccc(Cl)cc1Cl. The molecule has 0 saturated heterocycles. The maximum Gasteiger partial charge on any atom is 0.259 e. The van der Waals surface area contributed by atoms with Gasteiger partial charge in [-0.3, -0.25) is 4.79 Å². The van der Waals surface area contributed by atoms with Crippen LogP contribution in [0, 0.1) is 11.3 Å². The van der Waals surface area contributed by atoms with Gasteiger partial charge in [0, 0.05) is 37.4 Å². The van der Waals surface area contributed by atoms with Crippen LogP contribution in [0.2, 0.25) is 15.1 Å². The van der Waals surface area contributed by atoms with Crippen LogP contribution < -0.4 is 14.8 Å². The summed E-state index contributed by atoms with van der Waals surface area (Å²) in [5.41, 5.74) is 4.18. The highest BCUT2D eigenvalue weighted by Crippen LogP contribution is 2.46. The van der Waals surface area contributed by atoms with Crippen molar-refractivity contribution in [2.75, 3.05) is 12.4 Å². The van der Waals surface area contributed by atoms with E-state index in [1.54, 1.807) is 61.1 Å². The molecule has 0 saturated carbocycles. The van der Waals surface area contributed by atoms with Crippen molar-refractivity contribution in [1.29, 1.82) is 0 Å². The molecule has 0 spiro atoms. The normalized spacial score (nSPS) is 14.9. The van der Waals surface area contributed by atoms with Gasteiger partial charge < -0.3 is 14.8 Å². The molecule has 1 aliphatic carbocycles. The van der Waals surface area contributed by atoms with Crippen LogP contribution in [0.1, 0.15) is 59.1 Å². The summed E-state index contributed by atoms with van der Waals surface area (Å²) in [5, 5.41) is 5.43. The van der Waals surface area contributed by atoms with Crippen molar-refractivity contribution in [1.82, 2.24) is 0 Å².